The number of carbonyl (C=O) groups excluding carboxylic acids is 1. The lowest BCUT2D eigenvalue weighted by Crippen LogP contribution is -2.30. The highest BCUT2D eigenvalue weighted by molar-refractivity contribution is 8.00. The lowest BCUT2D eigenvalue weighted by Gasteiger charge is -2.16. The van der Waals surface area contributed by atoms with Crippen molar-refractivity contribution >= 4 is 17.7 Å². The van der Waals surface area contributed by atoms with Gasteiger partial charge in [0.05, 0.1) is 12.4 Å². The molecule has 24 heavy (non-hydrogen) atoms. The zero-order chi connectivity index (χ0) is 17.7. The topological polar surface area (TPSA) is 38.3 Å². The number of nitrogens with one attached hydrogen (secondary N) is 1. The minimum atomic E-state index is -0.136. The Bertz CT molecular complexity index is 687. The predicted octanol–water partition coefficient (Wildman–Crippen LogP) is 4.42. The molecule has 0 saturated heterocycles. The molecule has 0 aliphatic carbocycles. The van der Waals surface area contributed by atoms with Crippen LogP contribution in [0.4, 0.5) is 0 Å². The molecule has 0 spiro atoms. The first-order valence-electron chi connectivity index (χ1n) is 8.06. The van der Waals surface area contributed by atoms with E-state index in [1.54, 1.807) is 18.9 Å². The minimum absolute atomic E-state index is 0.0511. The van der Waals surface area contributed by atoms with Crippen molar-refractivity contribution in [2.45, 2.75) is 44.4 Å². The molecule has 0 heterocycles. The number of benzene rings is 2. The summed E-state index contributed by atoms with van der Waals surface area (Å²) in [6.07, 6.45) is 0. The number of carbonyl (C=O) groups is 1. The number of hydrogen-bond acceptors (Lipinski definition) is 3. The zero-order valence-electron chi connectivity index (χ0n) is 15.0. The van der Waals surface area contributed by atoms with E-state index in [0.29, 0.717) is 6.54 Å². The Morgan fingerprint density at radius 2 is 1.71 bits per heavy atom. The van der Waals surface area contributed by atoms with Gasteiger partial charge in [0, 0.05) is 11.4 Å². The van der Waals surface area contributed by atoms with Crippen LogP contribution in [-0.2, 0) is 11.3 Å². The molecule has 0 radical (unpaired) electrons. The second-order valence-corrected chi connectivity index (χ2v) is 7.40. The van der Waals surface area contributed by atoms with Gasteiger partial charge >= 0.3 is 0 Å². The maximum atomic E-state index is 12.4. The van der Waals surface area contributed by atoms with Crippen LogP contribution in [0.5, 0.6) is 5.75 Å². The molecule has 128 valence electrons. The molecule has 0 aliphatic heterocycles. The number of rotatable bonds is 6. The Balaban J connectivity index is 1.94. The predicted molar refractivity (Wildman–Crippen MR) is 101 cm³/mol. The molecular formula is C20H25NO2S. The molecule has 2 aromatic rings. The van der Waals surface area contributed by atoms with Gasteiger partial charge in [-0.25, -0.2) is 0 Å². The fourth-order valence-corrected chi connectivity index (χ4v) is 3.69. The SMILES string of the molecule is COc1ccc(CNC(=O)[C@@H](C)Sc2c(C)cc(C)cc2C)cc1. The summed E-state index contributed by atoms with van der Waals surface area (Å²) in [5.74, 6) is 0.870. The standard InChI is InChI=1S/C20H25NO2S/c1-13-10-14(2)19(15(3)11-13)24-16(4)20(22)21-12-17-6-8-18(23-5)9-7-17/h6-11,16H,12H2,1-5H3,(H,21,22)/t16-/m1/s1. The average molecular weight is 343 g/mol. The maximum absolute atomic E-state index is 12.4. The first kappa shape index (κ1) is 18.4. The fraction of sp³-hybridized carbons (Fsp3) is 0.350. The highest BCUT2D eigenvalue weighted by Crippen LogP contribution is 2.30. The van der Waals surface area contributed by atoms with E-state index < -0.39 is 0 Å². The van der Waals surface area contributed by atoms with Crippen LogP contribution < -0.4 is 10.1 Å². The van der Waals surface area contributed by atoms with Gasteiger partial charge < -0.3 is 10.1 Å². The van der Waals surface area contributed by atoms with Gasteiger partial charge in [-0.2, -0.15) is 0 Å². The van der Waals surface area contributed by atoms with Crippen LogP contribution in [0.25, 0.3) is 0 Å². The van der Waals surface area contributed by atoms with Gasteiger partial charge in [0.2, 0.25) is 5.91 Å². The van der Waals surface area contributed by atoms with Gasteiger partial charge in [-0.15, -0.1) is 11.8 Å². The van der Waals surface area contributed by atoms with Gasteiger partial charge in [0.25, 0.3) is 0 Å². The third-order valence-corrected chi connectivity index (χ3v) is 5.34. The summed E-state index contributed by atoms with van der Waals surface area (Å²) >= 11 is 1.62. The molecule has 1 amide bonds. The van der Waals surface area contributed by atoms with E-state index in [0.717, 1.165) is 11.3 Å². The summed E-state index contributed by atoms with van der Waals surface area (Å²) in [4.78, 5) is 13.6. The van der Waals surface area contributed by atoms with Crippen molar-refractivity contribution < 1.29 is 9.53 Å². The summed E-state index contributed by atoms with van der Waals surface area (Å²) in [6, 6.07) is 12.1. The quantitative estimate of drug-likeness (QED) is 0.789. The number of aryl methyl sites for hydroxylation is 3. The highest BCUT2D eigenvalue weighted by Gasteiger charge is 2.16. The van der Waals surface area contributed by atoms with Crippen LogP contribution in [0.3, 0.4) is 0 Å². The van der Waals surface area contributed by atoms with E-state index in [9.17, 15) is 4.79 Å². The molecule has 0 aromatic heterocycles. The molecule has 1 atom stereocenters. The van der Waals surface area contributed by atoms with Gasteiger partial charge in [-0.1, -0.05) is 29.8 Å². The van der Waals surface area contributed by atoms with Gasteiger partial charge in [0.15, 0.2) is 0 Å². The first-order chi connectivity index (χ1) is 11.4. The molecule has 0 bridgehead atoms. The summed E-state index contributed by atoms with van der Waals surface area (Å²) in [7, 11) is 1.64. The molecule has 2 aromatic carbocycles. The van der Waals surface area contributed by atoms with E-state index >= 15 is 0 Å². The molecule has 3 nitrogen and oxygen atoms in total. The normalized spacial score (nSPS) is 11.9. The monoisotopic (exact) mass is 343 g/mol. The van der Waals surface area contributed by atoms with Crippen molar-refractivity contribution in [3.8, 4) is 5.75 Å². The van der Waals surface area contributed by atoms with Crippen molar-refractivity contribution in [1.82, 2.24) is 5.32 Å². The largest absolute Gasteiger partial charge is 0.497 e. The third kappa shape index (κ3) is 4.78. The number of hydrogen-bond donors (Lipinski definition) is 1. The van der Waals surface area contributed by atoms with Crippen LogP contribution in [0.1, 0.15) is 29.2 Å². The van der Waals surface area contributed by atoms with Gasteiger partial charge in [0.1, 0.15) is 5.75 Å². The first-order valence-corrected chi connectivity index (χ1v) is 8.94. The van der Waals surface area contributed by atoms with E-state index in [-0.39, 0.29) is 11.2 Å². The second-order valence-electron chi connectivity index (χ2n) is 6.05. The van der Waals surface area contributed by atoms with E-state index in [4.69, 9.17) is 4.74 Å². The smallest absolute Gasteiger partial charge is 0.233 e. The summed E-state index contributed by atoms with van der Waals surface area (Å²) in [6.45, 7) is 8.78. The molecule has 0 fully saturated rings. The van der Waals surface area contributed by atoms with Crippen LogP contribution >= 0.6 is 11.8 Å². The van der Waals surface area contributed by atoms with Crippen LogP contribution in [0.15, 0.2) is 41.3 Å². The lowest BCUT2D eigenvalue weighted by molar-refractivity contribution is -0.120. The Labute approximate surface area is 148 Å². The molecule has 0 aliphatic rings. The summed E-state index contributed by atoms with van der Waals surface area (Å²) in [5.41, 5.74) is 4.77. The molecule has 1 N–H and O–H groups in total. The van der Waals surface area contributed by atoms with Crippen molar-refractivity contribution in [3.63, 3.8) is 0 Å². The van der Waals surface area contributed by atoms with E-state index in [2.05, 4.69) is 38.2 Å². The molecule has 0 saturated carbocycles. The van der Waals surface area contributed by atoms with Crippen molar-refractivity contribution in [1.29, 1.82) is 0 Å². The average Bonchev–Trinajstić information content (AvgIpc) is 2.56. The second kappa shape index (κ2) is 8.25. The van der Waals surface area contributed by atoms with Crippen LogP contribution in [-0.4, -0.2) is 18.3 Å². The van der Waals surface area contributed by atoms with Crippen LogP contribution in [0, 0.1) is 20.8 Å². The fourth-order valence-electron chi connectivity index (χ4n) is 2.66. The third-order valence-electron chi connectivity index (χ3n) is 3.89. The van der Waals surface area contributed by atoms with Crippen molar-refractivity contribution in [2.24, 2.45) is 0 Å². The summed E-state index contributed by atoms with van der Waals surface area (Å²) in [5, 5.41) is 2.87. The number of amides is 1. The number of ether oxygens (including phenoxy) is 1. The number of methoxy groups -OCH3 is 1. The Morgan fingerprint density at radius 3 is 2.25 bits per heavy atom. The van der Waals surface area contributed by atoms with Gasteiger partial charge in [-0.05, 0) is 56.5 Å². The molecular weight excluding hydrogens is 318 g/mol. The highest BCUT2D eigenvalue weighted by atomic mass is 32.2. The van der Waals surface area contributed by atoms with E-state index in [1.807, 2.05) is 31.2 Å². The lowest BCUT2D eigenvalue weighted by atomic mass is 10.1. The molecule has 2 rings (SSSR count). The van der Waals surface area contributed by atoms with Gasteiger partial charge in [-0.3, -0.25) is 4.79 Å². The van der Waals surface area contributed by atoms with Crippen molar-refractivity contribution in [3.05, 3.63) is 58.7 Å². The Morgan fingerprint density at radius 1 is 1.12 bits per heavy atom. The Kier molecular flexibility index (Phi) is 6.32. The molecule has 0 unspecified atom stereocenters. The van der Waals surface area contributed by atoms with Crippen molar-refractivity contribution in [2.75, 3.05) is 7.11 Å². The molecule has 4 heteroatoms. The maximum Gasteiger partial charge on any atom is 0.233 e. The summed E-state index contributed by atoms with van der Waals surface area (Å²) < 4.78 is 5.14. The van der Waals surface area contributed by atoms with Crippen LogP contribution in [0.2, 0.25) is 0 Å². The van der Waals surface area contributed by atoms with E-state index in [1.165, 1.54) is 21.6 Å². The minimum Gasteiger partial charge on any atom is -0.497 e. The Hall–Kier alpha value is -1.94. The number of thioether (sulfide) groups is 1. The zero-order valence-corrected chi connectivity index (χ0v) is 15.8.